The lowest BCUT2D eigenvalue weighted by molar-refractivity contribution is -0.123. The van der Waals surface area contributed by atoms with Gasteiger partial charge >= 0.3 is 6.03 Å². The molecule has 0 bridgehead atoms. The number of urea groups is 1. The molecule has 6 nitrogen and oxygen atoms in total. The van der Waals surface area contributed by atoms with E-state index >= 15 is 0 Å². The van der Waals surface area contributed by atoms with Gasteiger partial charge in [-0.1, -0.05) is 0 Å². The maximum absolute atomic E-state index is 11.5. The second-order valence-electron chi connectivity index (χ2n) is 3.84. The summed E-state index contributed by atoms with van der Waals surface area (Å²) in [6.07, 6.45) is 1.44. The monoisotopic (exact) mass is 252 g/mol. The predicted molar refractivity (Wildman–Crippen MR) is 51.8 cm³/mol. The lowest BCUT2D eigenvalue weighted by Gasteiger charge is -2.23. The quantitative estimate of drug-likeness (QED) is 0.525. The maximum atomic E-state index is 11.5. The molecular formula is C7H9ClN2O4S. The van der Waals surface area contributed by atoms with Crippen LogP contribution in [0.2, 0.25) is 0 Å². The normalized spacial score (nSPS) is 31.3. The Balaban J connectivity index is 2.33. The summed E-state index contributed by atoms with van der Waals surface area (Å²) in [4.78, 5) is 22.6. The van der Waals surface area contributed by atoms with E-state index in [1.807, 2.05) is 5.32 Å². The van der Waals surface area contributed by atoms with Gasteiger partial charge in [-0.05, 0) is 18.8 Å². The number of carbonyl (C=O) groups excluding carboxylic acids is 2. The van der Waals surface area contributed by atoms with Gasteiger partial charge in [0, 0.05) is 10.7 Å². The van der Waals surface area contributed by atoms with E-state index in [1.165, 1.54) is 0 Å². The molecule has 1 atom stereocenters. The molecule has 1 aliphatic carbocycles. The van der Waals surface area contributed by atoms with Crippen molar-refractivity contribution in [1.82, 2.24) is 10.6 Å². The summed E-state index contributed by atoms with van der Waals surface area (Å²) in [7, 11) is 1.30. The second-order valence-corrected chi connectivity index (χ2v) is 6.61. The van der Waals surface area contributed by atoms with Crippen LogP contribution in [-0.2, 0) is 13.8 Å². The Labute approximate surface area is 90.8 Å². The molecular weight excluding hydrogens is 244 g/mol. The third kappa shape index (κ3) is 1.93. The first-order valence-electron chi connectivity index (χ1n) is 4.39. The molecule has 15 heavy (non-hydrogen) atoms. The van der Waals surface area contributed by atoms with Crippen LogP contribution < -0.4 is 10.6 Å². The number of amides is 3. The van der Waals surface area contributed by atoms with E-state index in [2.05, 4.69) is 5.32 Å². The van der Waals surface area contributed by atoms with Gasteiger partial charge in [-0.3, -0.25) is 10.1 Å². The van der Waals surface area contributed by atoms with E-state index in [0.717, 1.165) is 12.8 Å². The minimum Gasteiger partial charge on any atom is -0.322 e. The molecule has 0 aromatic carbocycles. The van der Waals surface area contributed by atoms with Crippen molar-refractivity contribution in [3.8, 4) is 0 Å². The summed E-state index contributed by atoms with van der Waals surface area (Å²) < 4.78 is 22.0. The molecule has 2 fully saturated rings. The van der Waals surface area contributed by atoms with Gasteiger partial charge in [0.05, 0.1) is 5.75 Å². The van der Waals surface area contributed by atoms with Crippen molar-refractivity contribution >= 4 is 31.7 Å². The van der Waals surface area contributed by atoms with Gasteiger partial charge in [-0.25, -0.2) is 13.2 Å². The molecule has 2 rings (SSSR count). The highest BCUT2D eigenvalue weighted by Gasteiger charge is 2.57. The van der Waals surface area contributed by atoms with Crippen LogP contribution in [0, 0.1) is 5.92 Å². The van der Waals surface area contributed by atoms with Crippen LogP contribution in [0.25, 0.3) is 0 Å². The van der Waals surface area contributed by atoms with Gasteiger partial charge in [0.1, 0.15) is 5.54 Å². The average Bonchev–Trinajstić information content (AvgIpc) is 2.77. The number of rotatable bonds is 3. The summed E-state index contributed by atoms with van der Waals surface area (Å²) in [5.74, 6) is -1.28. The minimum absolute atomic E-state index is 0.127. The van der Waals surface area contributed by atoms with E-state index in [9.17, 15) is 18.0 Å². The van der Waals surface area contributed by atoms with Crippen LogP contribution in [0.3, 0.4) is 0 Å². The number of nitrogens with one attached hydrogen (secondary N) is 2. The number of halogens is 1. The van der Waals surface area contributed by atoms with Gasteiger partial charge < -0.3 is 5.32 Å². The third-order valence-electron chi connectivity index (χ3n) is 2.64. The Morgan fingerprint density at radius 3 is 2.33 bits per heavy atom. The summed E-state index contributed by atoms with van der Waals surface area (Å²) in [6, 6.07) is -0.660. The summed E-state index contributed by atoms with van der Waals surface area (Å²) in [5, 5.41) is 4.41. The van der Waals surface area contributed by atoms with Crippen molar-refractivity contribution in [2.24, 2.45) is 5.92 Å². The lowest BCUT2D eigenvalue weighted by atomic mass is 9.96. The van der Waals surface area contributed by atoms with Crippen LogP contribution in [0.15, 0.2) is 0 Å². The molecule has 0 aromatic heterocycles. The number of imide groups is 1. The molecule has 3 amide bonds. The molecule has 2 N–H and O–H groups in total. The Bertz CT molecular complexity index is 430. The molecule has 8 heteroatoms. The van der Waals surface area contributed by atoms with Crippen molar-refractivity contribution in [3.63, 3.8) is 0 Å². The largest absolute Gasteiger partial charge is 0.322 e. The average molecular weight is 253 g/mol. The fraction of sp³-hybridized carbons (Fsp3) is 0.714. The predicted octanol–water partition coefficient (Wildman–Crippen LogP) is -0.457. The first-order valence-corrected chi connectivity index (χ1v) is 6.87. The van der Waals surface area contributed by atoms with Crippen molar-refractivity contribution in [3.05, 3.63) is 0 Å². The SMILES string of the molecule is O=C1NC(=O)C(CS(=O)(=O)Cl)(C2CC2)N1. The zero-order valence-corrected chi connectivity index (χ0v) is 9.19. The molecule has 1 heterocycles. The fourth-order valence-electron chi connectivity index (χ4n) is 1.86. The van der Waals surface area contributed by atoms with E-state index in [1.54, 1.807) is 0 Å². The van der Waals surface area contributed by atoms with Crippen molar-refractivity contribution in [1.29, 1.82) is 0 Å². The molecule has 1 saturated heterocycles. The van der Waals surface area contributed by atoms with E-state index in [0.29, 0.717) is 0 Å². The zero-order valence-electron chi connectivity index (χ0n) is 7.62. The Kier molecular flexibility index (Phi) is 2.20. The van der Waals surface area contributed by atoms with Gasteiger partial charge in [0.25, 0.3) is 5.91 Å². The first-order chi connectivity index (χ1) is 6.83. The highest BCUT2D eigenvalue weighted by atomic mass is 35.7. The fourth-order valence-corrected chi connectivity index (χ4v) is 3.36. The van der Waals surface area contributed by atoms with E-state index in [4.69, 9.17) is 10.7 Å². The third-order valence-corrected chi connectivity index (χ3v) is 3.77. The van der Waals surface area contributed by atoms with Crippen molar-refractivity contribution in [2.75, 3.05) is 5.75 Å². The molecule has 1 unspecified atom stereocenters. The summed E-state index contributed by atoms with van der Waals surface area (Å²) >= 11 is 0. The molecule has 84 valence electrons. The van der Waals surface area contributed by atoms with Gasteiger partial charge in [-0.2, -0.15) is 0 Å². The summed E-state index contributed by atoms with van der Waals surface area (Å²) in [6.45, 7) is 0. The molecule has 1 aliphatic heterocycles. The Morgan fingerprint density at radius 1 is 1.40 bits per heavy atom. The standard InChI is InChI=1S/C7H9ClN2O4S/c8-15(13,14)3-7(4-1-2-4)5(11)9-6(12)10-7/h4H,1-3H2,(H2,9,10,11,12). The van der Waals surface area contributed by atoms with Crippen LogP contribution in [0.1, 0.15) is 12.8 Å². The Morgan fingerprint density at radius 2 is 2.00 bits per heavy atom. The van der Waals surface area contributed by atoms with Gasteiger partial charge in [-0.15, -0.1) is 0 Å². The zero-order chi connectivity index (χ0) is 11.3. The highest BCUT2D eigenvalue weighted by molar-refractivity contribution is 8.13. The van der Waals surface area contributed by atoms with Crippen LogP contribution >= 0.6 is 10.7 Å². The van der Waals surface area contributed by atoms with Crippen LogP contribution in [0.5, 0.6) is 0 Å². The van der Waals surface area contributed by atoms with Crippen LogP contribution in [0.4, 0.5) is 4.79 Å². The highest BCUT2D eigenvalue weighted by Crippen LogP contribution is 2.42. The summed E-state index contributed by atoms with van der Waals surface area (Å²) in [5.41, 5.74) is -1.35. The Hall–Kier alpha value is -0.820. The van der Waals surface area contributed by atoms with E-state index in [-0.39, 0.29) is 5.92 Å². The lowest BCUT2D eigenvalue weighted by Crippen LogP contribution is -2.53. The first kappa shape index (κ1) is 10.7. The number of carbonyl (C=O) groups is 2. The molecule has 0 aromatic rings. The second kappa shape index (κ2) is 3.08. The van der Waals surface area contributed by atoms with Crippen molar-refractivity contribution in [2.45, 2.75) is 18.4 Å². The molecule has 0 spiro atoms. The number of hydrogen-bond donors (Lipinski definition) is 2. The molecule has 0 radical (unpaired) electrons. The minimum atomic E-state index is -3.83. The number of hydrogen-bond acceptors (Lipinski definition) is 4. The van der Waals surface area contributed by atoms with Gasteiger partial charge in [0.2, 0.25) is 9.05 Å². The molecule has 2 aliphatic rings. The smallest absolute Gasteiger partial charge is 0.322 e. The topological polar surface area (TPSA) is 92.3 Å². The molecule has 1 saturated carbocycles. The van der Waals surface area contributed by atoms with E-state index < -0.39 is 32.3 Å². The van der Waals surface area contributed by atoms with Gasteiger partial charge in [0.15, 0.2) is 0 Å². The van der Waals surface area contributed by atoms with Crippen molar-refractivity contribution < 1.29 is 18.0 Å². The van der Waals surface area contributed by atoms with Crippen LogP contribution in [-0.4, -0.2) is 31.6 Å². The maximum Gasteiger partial charge on any atom is 0.322 e.